The third-order valence-corrected chi connectivity index (χ3v) is 5.19. The number of thiocarbonyl (C=S) groups is 1. The lowest BCUT2D eigenvalue weighted by Crippen LogP contribution is -2.52. The van der Waals surface area contributed by atoms with Crippen LogP contribution in [0.2, 0.25) is 0 Å². The summed E-state index contributed by atoms with van der Waals surface area (Å²) in [6.07, 6.45) is 0.492. The van der Waals surface area contributed by atoms with Gasteiger partial charge in [0, 0.05) is 11.4 Å². The van der Waals surface area contributed by atoms with Crippen LogP contribution in [0.4, 0.5) is 0 Å². The van der Waals surface area contributed by atoms with Crippen molar-refractivity contribution in [1.82, 2.24) is 4.90 Å². The van der Waals surface area contributed by atoms with E-state index in [-0.39, 0.29) is 17.3 Å². The van der Waals surface area contributed by atoms with E-state index in [1.807, 2.05) is 17.0 Å². The third-order valence-electron chi connectivity index (χ3n) is 3.62. The standard InChI is InChI=1S/C14H16N2O2S2/c15-13(19)10-8-16(5-6-18-10)14(17)12-7-9-3-1-2-4-11(9)20-12/h1-4,10,12H,5-8H2,(H2,15,19). The number of rotatable bonds is 2. The van der Waals surface area contributed by atoms with Gasteiger partial charge in [0.15, 0.2) is 0 Å². The van der Waals surface area contributed by atoms with Crippen molar-refractivity contribution in [2.75, 3.05) is 19.7 Å². The van der Waals surface area contributed by atoms with Gasteiger partial charge in [0.25, 0.3) is 0 Å². The first-order valence-electron chi connectivity index (χ1n) is 6.59. The van der Waals surface area contributed by atoms with E-state index in [0.29, 0.717) is 24.7 Å². The van der Waals surface area contributed by atoms with Crippen molar-refractivity contribution < 1.29 is 9.53 Å². The number of ether oxygens (including phenoxy) is 1. The first-order chi connectivity index (χ1) is 9.65. The highest BCUT2D eigenvalue weighted by Crippen LogP contribution is 2.37. The molecule has 0 aromatic heterocycles. The molecule has 1 saturated heterocycles. The number of benzene rings is 1. The molecule has 2 unspecified atom stereocenters. The first-order valence-corrected chi connectivity index (χ1v) is 7.88. The maximum Gasteiger partial charge on any atom is 0.236 e. The number of carbonyl (C=O) groups excluding carboxylic acids is 1. The lowest BCUT2D eigenvalue weighted by molar-refractivity contribution is -0.135. The zero-order valence-corrected chi connectivity index (χ0v) is 12.6. The number of nitrogens with zero attached hydrogens (tertiary/aromatic N) is 1. The monoisotopic (exact) mass is 308 g/mol. The van der Waals surface area contributed by atoms with Crippen LogP contribution in [0.5, 0.6) is 0 Å². The van der Waals surface area contributed by atoms with Gasteiger partial charge in [-0.1, -0.05) is 30.4 Å². The van der Waals surface area contributed by atoms with Gasteiger partial charge in [0.2, 0.25) is 5.91 Å². The molecule has 2 N–H and O–H groups in total. The number of carbonyl (C=O) groups is 1. The largest absolute Gasteiger partial charge is 0.391 e. The molecule has 4 nitrogen and oxygen atoms in total. The minimum Gasteiger partial charge on any atom is -0.391 e. The summed E-state index contributed by atoms with van der Waals surface area (Å²) in [4.78, 5) is 16.0. The molecule has 1 aromatic rings. The average molecular weight is 308 g/mol. The molecular formula is C14H16N2O2S2. The number of nitrogens with two attached hydrogens (primary N) is 1. The van der Waals surface area contributed by atoms with Gasteiger partial charge in [-0.2, -0.15) is 0 Å². The van der Waals surface area contributed by atoms with Crippen LogP contribution in [-0.2, 0) is 16.0 Å². The Bertz CT molecular complexity index is 525. The highest BCUT2D eigenvalue weighted by molar-refractivity contribution is 8.01. The van der Waals surface area contributed by atoms with Crippen LogP contribution in [-0.4, -0.2) is 46.8 Å². The number of thioether (sulfide) groups is 1. The Morgan fingerprint density at radius 2 is 2.25 bits per heavy atom. The fourth-order valence-corrected chi connectivity index (χ4v) is 3.97. The van der Waals surface area contributed by atoms with Crippen molar-refractivity contribution in [1.29, 1.82) is 0 Å². The van der Waals surface area contributed by atoms with Crippen molar-refractivity contribution >= 4 is 34.9 Å². The minimum atomic E-state index is -0.309. The fraction of sp³-hybridized carbons (Fsp3) is 0.429. The van der Waals surface area contributed by atoms with Crippen LogP contribution in [0.1, 0.15) is 5.56 Å². The number of hydrogen-bond donors (Lipinski definition) is 1. The molecule has 2 atom stereocenters. The van der Waals surface area contributed by atoms with Crippen molar-refractivity contribution in [2.45, 2.75) is 22.7 Å². The molecule has 0 saturated carbocycles. The van der Waals surface area contributed by atoms with E-state index in [9.17, 15) is 4.79 Å². The Labute approximate surface area is 127 Å². The molecule has 1 aromatic carbocycles. The lowest BCUT2D eigenvalue weighted by Gasteiger charge is -2.33. The molecule has 0 spiro atoms. The smallest absolute Gasteiger partial charge is 0.236 e. The molecule has 0 aliphatic carbocycles. The molecule has 106 valence electrons. The predicted octanol–water partition coefficient (Wildman–Crippen LogP) is 1.22. The molecule has 1 amide bonds. The topological polar surface area (TPSA) is 55.6 Å². The SMILES string of the molecule is NC(=S)C1CN(C(=O)C2Cc3ccccc3S2)CCO1. The quantitative estimate of drug-likeness (QED) is 0.833. The summed E-state index contributed by atoms with van der Waals surface area (Å²) in [5, 5.41) is -0.0301. The summed E-state index contributed by atoms with van der Waals surface area (Å²) in [6.45, 7) is 1.59. The van der Waals surface area contributed by atoms with E-state index in [0.717, 1.165) is 6.42 Å². The Morgan fingerprint density at radius 3 is 3.00 bits per heavy atom. The molecule has 2 heterocycles. The average Bonchev–Trinajstić information content (AvgIpc) is 2.90. The van der Waals surface area contributed by atoms with E-state index < -0.39 is 0 Å². The summed E-state index contributed by atoms with van der Waals surface area (Å²) < 4.78 is 5.48. The van der Waals surface area contributed by atoms with Crippen molar-refractivity contribution in [2.24, 2.45) is 5.73 Å². The molecule has 1 fully saturated rings. The predicted molar refractivity (Wildman–Crippen MR) is 82.9 cm³/mol. The van der Waals surface area contributed by atoms with Crippen LogP contribution in [0, 0.1) is 0 Å². The van der Waals surface area contributed by atoms with E-state index >= 15 is 0 Å². The Balaban J connectivity index is 1.67. The van der Waals surface area contributed by atoms with E-state index in [1.54, 1.807) is 11.8 Å². The van der Waals surface area contributed by atoms with Gasteiger partial charge in [-0.25, -0.2) is 0 Å². The van der Waals surface area contributed by atoms with Gasteiger partial charge >= 0.3 is 0 Å². The first kappa shape index (κ1) is 13.9. The Kier molecular flexibility index (Phi) is 3.96. The van der Waals surface area contributed by atoms with Crippen LogP contribution >= 0.6 is 24.0 Å². The van der Waals surface area contributed by atoms with Crippen LogP contribution in [0.15, 0.2) is 29.2 Å². The van der Waals surface area contributed by atoms with Gasteiger partial charge in [-0.15, -0.1) is 11.8 Å². The summed E-state index contributed by atoms with van der Waals surface area (Å²) >= 11 is 6.61. The lowest BCUT2D eigenvalue weighted by atomic mass is 10.1. The molecule has 2 aliphatic rings. The zero-order valence-electron chi connectivity index (χ0n) is 11.0. The fourth-order valence-electron chi connectivity index (χ4n) is 2.55. The molecular weight excluding hydrogens is 292 g/mol. The second-order valence-corrected chi connectivity index (χ2v) is 6.68. The van der Waals surface area contributed by atoms with Crippen molar-refractivity contribution in [3.05, 3.63) is 29.8 Å². The number of hydrogen-bond acceptors (Lipinski definition) is 4. The normalized spacial score (nSPS) is 25.3. The Morgan fingerprint density at radius 1 is 1.45 bits per heavy atom. The molecule has 6 heteroatoms. The van der Waals surface area contributed by atoms with E-state index in [4.69, 9.17) is 22.7 Å². The van der Waals surface area contributed by atoms with Crippen LogP contribution in [0.3, 0.4) is 0 Å². The van der Waals surface area contributed by atoms with Crippen LogP contribution < -0.4 is 5.73 Å². The van der Waals surface area contributed by atoms with Gasteiger partial charge in [0.05, 0.1) is 18.4 Å². The van der Waals surface area contributed by atoms with Gasteiger partial charge in [-0.3, -0.25) is 4.79 Å². The van der Waals surface area contributed by atoms with E-state index in [2.05, 4.69) is 12.1 Å². The van der Waals surface area contributed by atoms with Crippen molar-refractivity contribution in [3.63, 3.8) is 0 Å². The number of fused-ring (bicyclic) bond motifs is 1. The summed E-state index contributed by atoms with van der Waals surface area (Å²) in [5.41, 5.74) is 6.87. The van der Waals surface area contributed by atoms with Crippen molar-refractivity contribution in [3.8, 4) is 0 Å². The number of amides is 1. The maximum atomic E-state index is 12.6. The summed E-state index contributed by atoms with van der Waals surface area (Å²) in [7, 11) is 0. The van der Waals surface area contributed by atoms with Gasteiger partial charge in [0.1, 0.15) is 11.1 Å². The highest BCUT2D eigenvalue weighted by atomic mass is 32.2. The number of morpholine rings is 1. The molecule has 2 aliphatic heterocycles. The second kappa shape index (κ2) is 5.71. The van der Waals surface area contributed by atoms with Gasteiger partial charge in [-0.05, 0) is 18.1 Å². The van der Waals surface area contributed by atoms with E-state index in [1.165, 1.54) is 10.5 Å². The second-order valence-electron chi connectivity index (χ2n) is 4.96. The summed E-state index contributed by atoms with van der Waals surface area (Å²) in [6, 6.07) is 8.19. The maximum absolute atomic E-state index is 12.6. The molecule has 3 rings (SSSR count). The summed E-state index contributed by atoms with van der Waals surface area (Å²) in [5.74, 6) is 0.163. The zero-order chi connectivity index (χ0) is 14.1. The molecule has 0 radical (unpaired) electrons. The molecule has 20 heavy (non-hydrogen) atoms. The highest BCUT2D eigenvalue weighted by Gasteiger charge is 2.34. The Hall–Kier alpha value is -1.11. The minimum absolute atomic E-state index is 0.0301. The third kappa shape index (κ3) is 2.68. The van der Waals surface area contributed by atoms with Crippen LogP contribution in [0.25, 0.3) is 0 Å². The molecule has 0 bridgehead atoms. The van der Waals surface area contributed by atoms with Gasteiger partial charge < -0.3 is 15.4 Å².